The number of amides is 2. The number of hydrogen-bond acceptors (Lipinski definition) is 7. The zero-order chi connectivity index (χ0) is 34.1. The molecule has 47 heavy (non-hydrogen) atoms. The van der Waals surface area contributed by atoms with Gasteiger partial charge >= 0.3 is 0 Å². The Kier molecular flexibility index (Phi) is 13.4. The Morgan fingerprint density at radius 3 is 2.43 bits per heavy atom. The van der Waals surface area contributed by atoms with Gasteiger partial charge in [-0.05, 0) is 88.4 Å². The number of nitrogens with zero attached hydrogens (tertiary/aromatic N) is 2. The first-order chi connectivity index (χ1) is 22.4. The summed E-state index contributed by atoms with van der Waals surface area (Å²) < 4.78 is 41.6. The Labute approximate surface area is 284 Å². The molecule has 260 valence electrons. The van der Waals surface area contributed by atoms with Crippen molar-refractivity contribution in [1.82, 2.24) is 9.80 Å². The van der Waals surface area contributed by atoms with Gasteiger partial charge in [-0.2, -0.15) is 0 Å². The van der Waals surface area contributed by atoms with E-state index in [-0.39, 0.29) is 59.2 Å². The fourth-order valence-electron chi connectivity index (χ4n) is 6.30. The lowest BCUT2D eigenvalue weighted by Crippen LogP contribution is -2.48. The molecule has 2 N–H and O–H groups in total. The van der Waals surface area contributed by atoms with Crippen LogP contribution in [0, 0.1) is 11.8 Å². The molecule has 1 aliphatic heterocycles. The van der Waals surface area contributed by atoms with Crippen LogP contribution >= 0.6 is 11.6 Å². The van der Waals surface area contributed by atoms with Crippen LogP contribution in [0.15, 0.2) is 47.4 Å². The molecule has 2 aromatic carbocycles. The van der Waals surface area contributed by atoms with Crippen molar-refractivity contribution in [2.24, 2.45) is 11.8 Å². The molecule has 0 aromatic heterocycles. The highest BCUT2D eigenvalue weighted by Gasteiger charge is 2.32. The minimum atomic E-state index is -3.97. The number of halogens is 1. The van der Waals surface area contributed by atoms with Crippen molar-refractivity contribution < 1.29 is 32.6 Å². The molecule has 10 nitrogen and oxygen atoms in total. The zero-order valence-corrected chi connectivity index (χ0v) is 29.6. The molecule has 0 saturated heterocycles. The van der Waals surface area contributed by atoms with Crippen LogP contribution in [0.3, 0.4) is 0 Å². The number of fused-ring (bicyclic) bond motifs is 1. The van der Waals surface area contributed by atoms with E-state index in [4.69, 9.17) is 21.1 Å². The van der Waals surface area contributed by atoms with Gasteiger partial charge in [-0.3, -0.25) is 14.3 Å². The first-order valence-electron chi connectivity index (χ1n) is 16.8. The normalized spacial score (nSPS) is 22.8. The molecule has 12 heteroatoms. The fraction of sp³-hybridized carbons (Fsp3) is 0.600. The van der Waals surface area contributed by atoms with Crippen molar-refractivity contribution in [3.8, 4) is 5.75 Å². The number of likely N-dealkylation sites (N-methyl/N-ethyl adjacent to an activating group) is 1. The molecular formula is C35H50ClN3O7S. The second-order valence-corrected chi connectivity index (χ2v) is 15.2. The van der Waals surface area contributed by atoms with Crippen LogP contribution in [0.2, 0.25) is 5.02 Å². The number of carbonyl (C=O) groups excluding carboxylic acids is 2. The average Bonchev–Trinajstić information content (AvgIpc) is 3.06. The van der Waals surface area contributed by atoms with Crippen LogP contribution in [-0.2, 0) is 19.6 Å². The number of sulfonamides is 1. The third-order valence-corrected chi connectivity index (χ3v) is 10.9. The molecule has 2 aromatic rings. The van der Waals surface area contributed by atoms with Crippen LogP contribution in [0.4, 0.5) is 5.69 Å². The van der Waals surface area contributed by atoms with Crippen LogP contribution in [0.25, 0.3) is 0 Å². The standard InChI is InChI=1S/C35H50ClN3O7S/c1-24-21-39(25(2)23-40)35(42)31-20-29(37-47(43,44)30-16-13-28(36)14-17-30)15-18-32(31)46-26(3)10-8-9-19-45-33(24)22-38(4)34(41)27-11-6-5-7-12-27/h13-18,20,24-27,33,37,40H,5-12,19,21-23H2,1-4H3/t24-,25-,26+,33-/m0/s1. The molecule has 0 radical (unpaired) electrons. The Morgan fingerprint density at radius 1 is 1.06 bits per heavy atom. The van der Waals surface area contributed by atoms with Crippen LogP contribution in [-0.4, -0.2) is 86.7 Å². The van der Waals surface area contributed by atoms with Crippen molar-refractivity contribution in [2.45, 2.75) is 95.3 Å². The third kappa shape index (κ3) is 10.1. The van der Waals surface area contributed by atoms with E-state index in [1.807, 2.05) is 20.9 Å². The van der Waals surface area contributed by atoms with Crippen LogP contribution in [0.5, 0.6) is 5.75 Å². The van der Waals surface area contributed by atoms with E-state index in [9.17, 15) is 23.1 Å². The molecular weight excluding hydrogens is 642 g/mol. The summed E-state index contributed by atoms with van der Waals surface area (Å²) in [5.41, 5.74) is 0.373. The summed E-state index contributed by atoms with van der Waals surface area (Å²) in [5, 5.41) is 10.6. The fourth-order valence-corrected chi connectivity index (χ4v) is 7.47. The molecule has 1 saturated carbocycles. The monoisotopic (exact) mass is 691 g/mol. The van der Waals surface area contributed by atoms with E-state index in [1.165, 1.54) is 36.8 Å². The zero-order valence-electron chi connectivity index (χ0n) is 28.0. The van der Waals surface area contributed by atoms with Gasteiger partial charge in [-0.1, -0.05) is 37.8 Å². The number of benzene rings is 2. The highest BCUT2D eigenvalue weighted by molar-refractivity contribution is 7.92. The Balaban J connectivity index is 1.64. The number of aliphatic hydroxyl groups excluding tert-OH is 1. The van der Waals surface area contributed by atoms with Crippen molar-refractivity contribution in [2.75, 3.05) is 38.1 Å². The molecule has 1 fully saturated rings. The van der Waals surface area contributed by atoms with E-state index in [1.54, 1.807) is 28.9 Å². The highest BCUT2D eigenvalue weighted by Crippen LogP contribution is 2.30. The maximum absolute atomic E-state index is 14.4. The van der Waals surface area contributed by atoms with Gasteiger partial charge in [0.05, 0.1) is 35.3 Å². The maximum atomic E-state index is 14.4. The molecule has 4 atom stereocenters. The summed E-state index contributed by atoms with van der Waals surface area (Å²) in [4.78, 5) is 31.1. The quantitative estimate of drug-likeness (QED) is 0.349. The Bertz CT molecular complexity index is 1450. The number of hydrogen-bond donors (Lipinski definition) is 2. The van der Waals surface area contributed by atoms with E-state index in [0.29, 0.717) is 23.9 Å². The van der Waals surface area contributed by atoms with Gasteiger partial charge < -0.3 is 24.4 Å². The largest absolute Gasteiger partial charge is 0.490 e. The molecule has 0 spiro atoms. The lowest BCUT2D eigenvalue weighted by atomic mass is 9.88. The van der Waals surface area contributed by atoms with Crippen LogP contribution < -0.4 is 9.46 Å². The predicted molar refractivity (Wildman–Crippen MR) is 183 cm³/mol. The van der Waals surface area contributed by atoms with Crippen molar-refractivity contribution >= 4 is 39.1 Å². The van der Waals surface area contributed by atoms with E-state index in [2.05, 4.69) is 4.72 Å². The number of ether oxygens (including phenoxy) is 2. The second kappa shape index (κ2) is 17.0. The molecule has 1 heterocycles. The van der Waals surface area contributed by atoms with Gasteiger partial charge in [0.15, 0.2) is 0 Å². The molecule has 1 aliphatic carbocycles. The van der Waals surface area contributed by atoms with Gasteiger partial charge in [-0.15, -0.1) is 0 Å². The summed E-state index contributed by atoms with van der Waals surface area (Å²) in [6.07, 6.45) is 6.97. The Hall–Kier alpha value is -2.86. The number of anilines is 1. The van der Waals surface area contributed by atoms with Gasteiger partial charge in [-0.25, -0.2) is 8.42 Å². The summed E-state index contributed by atoms with van der Waals surface area (Å²) in [5.74, 6) is -0.0743. The van der Waals surface area contributed by atoms with E-state index >= 15 is 0 Å². The van der Waals surface area contributed by atoms with Gasteiger partial charge in [0.2, 0.25) is 5.91 Å². The summed E-state index contributed by atoms with van der Waals surface area (Å²) in [6.45, 7) is 6.58. The number of carbonyl (C=O) groups is 2. The van der Waals surface area contributed by atoms with Crippen molar-refractivity contribution in [3.05, 3.63) is 53.1 Å². The topological polar surface area (TPSA) is 125 Å². The number of nitrogens with one attached hydrogen (secondary N) is 1. The van der Waals surface area contributed by atoms with Crippen LogP contribution in [0.1, 0.15) is 82.5 Å². The summed E-state index contributed by atoms with van der Waals surface area (Å²) >= 11 is 5.95. The maximum Gasteiger partial charge on any atom is 0.261 e. The first-order valence-corrected chi connectivity index (χ1v) is 18.6. The minimum absolute atomic E-state index is 0.0283. The average molecular weight is 692 g/mol. The number of rotatable bonds is 8. The third-order valence-electron chi connectivity index (χ3n) is 9.21. The first kappa shape index (κ1) is 37.0. The summed E-state index contributed by atoms with van der Waals surface area (Å²) in [7, 11) is -2.14. The molecule has 0 unspecified atom stereocenters. The Morgan fingerprint density at radius 2 is 1.74 bits per heavy atom. The molecule has 0 bridgehead atoms. The molecule has 4 rings (SSSR count). The molecule has 2 amide bonds. The molecule has 2 aliphatic rings. The van der Waals surface area contributed by atoms with E-state index in [0.717, 1.165) is 44.9 Å². The number of aliphatic hydroxyl groups is 1. The van der Waals surface area contributed by atoms with Gasteiger partial charge in [0.25, 0.3) is 15.9 Å². The lowest BCUT2D eigenvalue weighted by molar-refractivity contribution is -0.137. The SMILES string of the molecule is C[C@@H]1CCCCO[C@@H](CN(C)C(=O)C2CCCCC2)[C@@H](C)CN([C@@H](C)CO)C(=O)c2cc(NS(=O)(=O)c3ccc(Cl)cc3)ccc2O1. The highest BCUT2D eigenvalue weighted by atomic mass is 35.5. The van der Waals surface area contributed by atoms with E-state index < -0.39 is 22.0 Å². The smallest absolute Gasteiger partial charge is 0.261 e. The summed E-state index contributed by atoms with van der Waals surface area (Å²) in [6, 6.07) is 9.91. The van der Waals surface area contributed by atoms with Crippen molar-refractivity contribution in [1.29, 1.82) is 0 Å². The van der Waals surface area contributed by atoms with Gasteiger partial charge in [0, 0.05) is 49.3 Å². The predicted octanol–water partition coefficient (Wildman–Crippen LogP) is 5.98. The second-order valence-electron chi connectivity index (χ2n) is 13.1. The van der Waals surface area contributed by atoms with Crippen molar-refractivity contribution in [3.63, 3.8) is 0 Å². The minimum Gasteiger partial charge on any atom is -0.490 e. The van der Waals surface area contributed by atoms with Gasteiger partial charge in [0.1, 0.15) is 5.75 Å². The lowest BCUT2D eigenvalue weighted by Gasteiger charge is -2.36.